The first-order chi connectivity index (χ1) is 13.9. The Labute approximate surface area is 172 Å². The van der Waals surface area contributed by atoms with Crippen molar-refractivity contribution in [1.29, 1.82) is 0 Å². The number of aromatic nitrogens is 3. The Hall–Kier alpha value is -3.19. The molecular formula is C22H22N4O2S. The Morgan fingerprint density at radius 2 is 1.93 bits per heavy atom. The van der Waals surface area contributed by atoms with Crippen molar-refractivity contribution in [2.24, 2.45) is 0 Å². The molecule has 4 aromatic rings. The number of thiazole rings is 1. The van der Waals surface area contributed by atoms with Crippen LogP contribution in [0.5, 0.6) is 0 Å². The summed E-state index contributed by atoms with van der Waals surface area (Å²) in [6, 6.07) is 13.2. The normalized spacial score (nSPS) is 11.3. The third-order valence-corrected chi connectivity index (χ3v) is 5.80. The quantitative estimate of drug-likeness (QED) is 0.532. The molecule has 2 heterocycles. The smallest absolute Gasteiger partial charge is 0.308 e. The lowest BCUT2D eigenvalue weighted by Crippen LogP contribution is -2.14. The second-order valence-corrected chi connectivity index (χ2v) is 8.26. The summed E-state index contributed by atoms with van der Waals surface area (Å²) >= 11 is 1.20. The van der Waals surface area contributed by atoms with Gasteiger partial charge >= 0.3 is 4.87 Å². The fraction of sp³-hybridized carbons (Fsp3) is 0.227. The molecule has 0 aliphatic heterocycles. The van der Waals surface area contributed by atoms with Crippen LogP contribution >= 0.6 is 11.3 Å². The highest BCUT2D eigenvalue weighted by Gasteiger charge is 2.12. The van der Waals surface area contributed by atoms with Crippen LogP contribution < -0.4 is 10.2 Å². The van der Waals surface area contributed by atoms with Crippen LogP contribution in [-0.4, -0.2) is 20.0 Å². The number of fused-ring (bicyclic) bond motifs is 1. The number of imidazole rings is 1. The molecule has 148 valence electrons. The van der Waals surface area contributed by atoms with Gasteiger partial charge in [0.2, 0.25) is 0 Å². The van der Waals surface area contributed by atoms with Crippen LogP contribution in [-0.2, 0) is 6.54 Å². The molecule has 0 atom stereocenters. The number of hydrogen-bond donors (Lipinski definition) is 1. The minimum Gasteiger partial charge on any atom is -0.331 e. The Morgan fingerprint density at radius 1 is 1.17 bits per heavy atom. The van der Waals surface area contributed by atoms with E-state index in [1.54, 1.807) is 10.8 Å². The van der Waals surface area contributed by atoms with Crippen molar-refractivity contribution >= 4 is 33.1 Å². The number of nitrogens with one attached hydrogen (secondary N) is 1. The van der Waals surface area contributed by atoms with Gasteiger partial charge in [-0.05, 0) is 56.7 Å². The van der Waals surface area contributed by atoms with Crippen LogP contribution in [0.1, 0.15) is 41.6 Å². The van der Waals surface area contributed by atoms with Crippen LogP contribution in [0, 0.1) is 6.92 Å². The molecular weight excluding hydrogens is 384 g/mol. The van der Waals surface area contributed by atoms with Crippen LogP contribution in [0.25, 0.3) is 10.2 Å². The second-order valence-electron chi connectivity index (χ2n) is 7.27. The summed E-state index contributed by atoms with van der Waals surface area (Å²) in [6.45, 7) is 6.66. The lowest BCUT2D eigenvalue weighted by molar-refractivity contribution is 0.102. The fourth-order valence-electron chi connectivity index (χ4n) is 3.34. The van der Waals surface area contributed by atoms with Gasteiger partial charge in [0.25, 0.3) is 5.91 Å². The first-order valence-corrected chi connectivity index (χ1v) is 10.3. The number of rotatable bonds is 5. The summed E-state index contributed by atoms with van der Waals surface area (Å²) in [6.07, 6.45) is 3.72. The van der Waals surface area contributed by atoms with Gasteiger partial charge in [0.05, 0.1) is 10.2 Å². The van der Waals surface area contributed by atoms with Gasteiger partial charge in [0.1, 0.15) is 5.82 Å². The number of carbonyl (C=O) groups excluding carboxylic acids is 1. The Morgan fingerprint density at radius 3 is 2.59 bits per heavy atom. The van der Waals surface area contributed by atoms with Crippen LogP contribution in [0.3, 0.4) is 0 Å². The van der Waals surface area contributed by atoms with Gasteiger partial charge in [-0.25, -0.2) is 4.98 Å². The van der Waals surface area contributed by atoms with Gasteiger partial charge < -0.3 is 9.88 Å². The predicted molar refractivity (Wildman–Crippen MR) is 117 cm³/mol. The molecule has 6 nitrogen and oxygen atoms in total. The molecule has 0 aliphatic carbocycles. The summed E-state index contributed by atoms with van der Waals surface area (Å²) in [7, 11) is 0. The summed E-state index contributed by atoms with van der Waals surface area (Å²) in [4.78, 5) is 29.1. The zero-order valence-electron chi connectivity index (χ0n) is 16.5. The molecule has 1 amide bonds. The summed E-state index contributed by atoms with van der Waals surface area (Å²) in [5, 5.41) is 2.92. The highest BCUT2D eigenvalue weighted by Crippen LogP contribution is 2.24. The monoisotopic (exact) mass is 406 g/mol. The average Bonchev–Trinajstić information content (AvgIpc) is 3.23. The maximum atomic E-state index is 12.6. The topological polar surface area (TPSA) is 68.9 Å². The van der Waals surface area contributed by atoms with E-state index in [0.717, 1.165) is 28.1 Å². The number of carbonyl (C=O) groups is 1. The van der Waals surface area contributed by atoms with E-state index in [1.165, 1.54) is 11.3 Å². The molecule has 0 radical (unpaired) electrons. The van der Waals surface area contributed by atoms with Crippen molar-refractivity contribution in [3.8, 4) is 0 Å². The molecule has 0 unspecified atom stereocenters. The van der Waals surface area contributed by atoms with E-state index in [-0.39, 0.29) is 16.8 Å². The number of aryl methyl sites for hydroxylation is 1. The predicted octanol–water partition coefficient (Wildman–Crippen LogP) is 4.45. The van der Waals surface area contributed by atoms with Crippen molar-refractivity contribution in [3.05, 3.63) is 81.5 Å². The lowest BCUT2D eigenvalue weighted by Gasteiger charge is -2.09. The van der Waals surface area contributed by atoms with E-state index in [2.05, 4.69) is 14.9 Å². The van der Waals surface area contributed by atoms with E-state index in [0.29, 0.717) is 11.3 Å². The molecule has 0 fully saturated rings. The van der Waals surface area contributed by atoms with Gasteiger partial charge in [-0.15, -0.1) is 0 Å². The van der Waals surface area contributed by atoms with Crippen LogP contribution in [0.15, 0.2) is 59.7 Å². The minimum absolute atomic E-state index is 0.0159. The summed E-state index contributed by atoms with van der Waals surface area (Å²) in [5.74, 6) is 0.779. The van der Waals surface area contributed by atoms with Gasteiger partial charge in [-0.2, -0.15) is 0 Å². The third-order valence-electron chi connectivity index (χ3n) is 4.88. The van der Waals surface area contributed by atoms with E-state index >= 15 is 0 Å². The largest absolute Gasteiger partial charge is 0.331 e. The second kappa shape index (κ2) is 7.67. The molecule has 0 saturated heterocycles. The number of amides is 1. The van der Waals surface area contributed by atoms with E-state index in [4.69, 9.17) is 0 Å². The average molecular weight is 407 g/mol. The van der Waals surface area contributed by atoms with Crippen molar-refractivity contribution < 1.29 is 4.79 Å². The maximum absolute atomic E-state index is 12.6. The SMILES string of the molecule is Cc1nccn1Cc1ccc(C(=O)Nc2ccc3c(c2)sc(=O)n3C(C)C)cc1. The van der Waals surface area contributed by atoms with E-state index < -0.39 is 0 Å². The first-order valence-electron chi connectivity index (χ1n) is 9.45. The minimum atomic E-state index is -0.176. The van der Waals surface area contributed by atoms with E-state index in [9.17, 15) is 9.59 Å². The van der Waals surface area contributed by atoms with Crippen LogP contribution in [0.4, 0.5) is 5.69 Å². The van der Waals surface area contributed by atoms with Crippen molar-refractivity contribution in [2.45, 2.75) is 33.4 Å². The standard InChI is InChI=1S/C22H22N4O2S/c1-14(2)26-19-9-8-18(12-20(19)29-22(26)28)24-21(27)17-6-4-16(5-7-17)13-25-11-10-23-15(25)3/h4-12,14H,13H2,1-3H3,(H,24,27). The highest BCUT2D eigenvalue weighted by atomic mass is 32.1. The Balaban J connectivity index is 1.50. The molecule has 1 N–H and O–H groups in total. The van der Waals surface area contributed by atoms with Gasteiger partial charge in [-0.3, -0.25) is 14.2 Å². The molecule has 0 saturated carbocycles. The summed E-state index contributed by atoms with van der Waals surface area (Å²) < 4.78 is 4.69. The lowest BCUT2D eigenvalue weighted by atomic mass is 10.1. The molecule has 2 aromatic heterocycles. The van der Waals surface area contributed by atoms with Gasteiger partial charge in [0.15, 0.2) is 0 Å². The molecule has 0 spiro atoms. The number of nitrogens with zero attached hydrogens (tertiary/aromatic N) is 3. The van der Waals surface area contributed by atoms with Crippen molar-refractivity contribution in [1.82, 2.24) is 14.1 Å². The Bertz CT molecular complexity index is 1230. The number of benzene rings is 2. The van der Waals surface area contributed by atoms with E-state index in [1.807, 2.05) is 69.4 Å². The number of hydrogen-bond acceptors (Lipinski definition) is 4. The van der Waals surface area contributed by atoms with Gasteiger partial charge in [-0.1, -0.05) is 23.5 Å². The van der Waals surface area contributed by atoms with Crippen molar-refractivity contribution in [2.75, 3.05) is 5.32 Å². The fourth-order valence-corrected chi connectivity index (χ4v) is 4.39. The highest BCUT2D eigenvalue weighted by molar-refractivity contribution is 7.16. The number of anilines is 1. The summed E-state index contributed by atoms with van der Waals surface area (Å²) in [5.41, 5.74) is 3.26. The van der Waals surface area contributed by atoms with Crippen molar-refractivity contribution in [3.63, 3.8) is 0 Å². The molecule has 29 heavy (non-hydrogen) atoms. The molecule has 4 rings (SSSR count). The zero-order chi connectivity index (χ0) is 20.5. The maximum Gasteiger partial charge on any atom is 0.308 e. The first kappa shape index (κ1) is 19.1. The molecule has 7 heteroatoms. The van der Waals surface area contributed by atoms with Gasteiger partial charge in [0, 0.05) is 36.2 Å². The molecule has 0 bridgehead atoms. The molecule has 0 aliphatic rings. The molecule has 2 aromatic carbocycles. The van der Waals surface area contributed by atoms with Crippen LogP contribution in [0.2, 0.25) is 0 Å². The third kappa shape index (κ3) is 3.86. The zero-order valence-corrected chi connectivity index (χ0v) is 17.4. The Kier molecular flexibility index (Phi) is 5.07.